The molecule has 0 aromatic rings. The molecule has 0 bridgehead atoms. The van der Waals surface area contributed by atoms with Crippen LogP contribution in [0.2, 0.25) is 0 Å². The minimum atomic E-state index is -0.784. The fourth-order valence-corrected chi connectivity index (χ4v) is 8.31. The van der Waals surface area contributed by atoms with Crippen molar-refractivity contribution < 1.29 is 24.5 Å². The highest BCUT2D eigenvalue weighted by molar-refractivity contribution is 5.77. The van der Waals surface area contributed by atoms with E-state index in [1.807, 2.05) is 0 Å². The van der Waals surface area contributed by atoms with Crippen LogP contribution < -0.4 is 5.32 Å². The lowest BCUT2D eigenvalue weighted by molar-refractivity contribution is -0.151. The summed E-state index contributed by atoms with van der Waals surface area (Å²) in [7, 11) is 0. The van der Waals surface area contributed by atoms with E-state index in [0.29, 0.717) is 19.3 Å². The normalized spacial score (nSPS) is 13.2. The summed E-state index contributed by atoms with van der Waals surface area (Å²) in [5, 5.41) is 23.8. The lowest BCUT2D eigenvalue weighted by Gasteiger charge is -2.24. The Bertz CT molecular complexity index is 893. The molecule has 350 valence electrons. The number of carbonyl (C=O) groups excluding carboxylic acids is 2. The van der Waals surface area contributed by atoms with E-state index in [1.54, 1.807) is 0 Å². The molecule has 3 N–H and O–H groups in total. The summed E-state index contributed by atoms with van der Waals surface area (Å²) in [5.41, 5.74) is 0. The van der Waals surface area contributed by atoms with Crippen LogP contribution in [-0.2, 0) is 14.3 Å². The van der Waals surface area contributed by atoms with Crippen molar-refractivity contribution in [3.05, 3.63) is 12.2 Å². The molecule has 6 heteroatoms. The SMILES string of the molecule is CCCCCCCC/C=C/CCCCCCCC(CC(=O)NC(CO)C(O)CCCCCCCCCCCCCCCCCC)OC(=O)CCCCCCCCCCC. The smallest absolute Gasteiger partial charge is 0.306 e. The first-order valence-electron chi connectivity index (χ1n) is 26.4. The van der Waals surface area contributed by atoms with Crippen molar-refractivity contribution in [3.8, 4) is 0 Å². The van der Waals surface area contributed by atoms with Crippen LogP contribution in [0, 0.1) is 0 Å². The summed E-state index contributed by atoms with van der Waals surface area (Å²) in [4.78, 5) is 26.1. The number of allylic oxidation sites excluding steroid dienone is 2. The standard InChI is InChI=1S/C53H103NO5/c1-4-7-10-13-16-19-21-23-25-27-29-31-34-36-39-42-45-51(56)50(48-55)54-52(57)47-49(59-53(58)46-43-40-37-32-18-15-12-9-6-3)44-41-38-35-33-30-28-26-24-22-20-17-14-11-8-5-2/h24,26,49-51,55-56H,4-23,25,27-48H2,1-3H3,(H,54,57)/b26-24+. The second-order valence-corrected chi connectivity index (χ2v) is 18.3. The number of aliphatic hydroxyl groups is 2. The summed E-state index contributed by atoms with van der Waals surface area (Å²) >= 11 is 0. The van der Waals surface area contributed by atoms with Crippen LogP contribution in [-0.4, -0.2) is 46.9 Å². The quantitative estimate of drug-likeness (QED) is 0.0322. The molecule has 3 unspecified atom stereocenters. The Morgan fingerprint density at radius 3 is 1.20 bits per heavy atom. The van der Waals surface area contributed by atoms with E-state index in [0.717, 1.165) is 57.8 Å². The van der Waals surface area contributed by atoms with Gasteiger partial charge in [0.15, 0.2) is 0 Å². The molecule has 0 heterocycles. The molecule has 0 aliphatic rings. The van der Waals surface area contributed by atoms with Crippen LogP contribution in [0.15, 0.2) is 12.2 Å². The molecule has 3 atom stereocenters. The van der Waals surface area contributed by atoms with Crippen LogP contribution in [0.4, 0.5) is 0 Å². The summed E-state index contributed by atoms with van der Waals surface area (Å²) in [6.07, 6.45) is 52.7. The number of rotatable bonds is 48. The lowest BCUT2D eigenvalue weighted by atomic mass is 10.0. The fraction of sp³-hybridized carbons (Fsp3) is 0.925. The van der Waals surface area contributed by atoms with E-state index in [4.69, 9.17) is 4.74 Å². The molecule has 6 nitrogen and oxygen atoms in total. The van der Waals surface area contributed by atoms with Gasteiger partial charge < -0.3 is 20.3 Å². The maximum absolute atomic E-state index is 13.2. The van der Waals surface area contributed by atoms with Gasteiger partial charge >= 0.3 is 5.97 Å². The molecule has 0 radical (unpaired) electrons. The van der Waals surface area contributed by atoms with Gasteiger partial charge in [-0.25, -0.2) is 0 Å². The van der Waals surface area contributed by atoms with Crippen molar-refractivity contribution in [2.75, 3.05) is 6.61 Å². The molecule has 0 saturated carbocycles. The minimum absolute atomic E-state index is 0.0785. The van der Waals surface area contributed by atoms with Crippen molar-refractivity contribution in [2.24, 2.45) is 0 Å². The number of amides is 1. The predicted molar refractivity (Wildman–Crippen MR) is 255 cm³/mol. The highest BCUT2D eigenvalue weighted by atomic mass is 16.5. The van der Waals surface area contributed by atoms with Crippen molar-refractivity contribution in [2.45, 2.75) is 309 Å². The first kappa shape index (κ1) is 57.6. The van der Waals surface area contributed by atoms with Crippen LogP contribution >= 0.6 is 0 Å². The van der Waals surface area contributed by atoms with Crippen LogP contribution in [0.25, 0.3) is 0 Å². The van der Waals surface area contributed by atoms with Crippen LogP contribution in [0.5, 0.6) is 0 Å². The molecule has 0 fully saturated rings. The molecule has 1 amide bonds. The van der Waals surface area contributed by atoms with Gasteiger partial charge in [0.1, 0.15) is 6.10 Å². The molecule has 59 heavy (non-hydrogen) atoms. The van der Waals surface area contributed by atoms with Gasteiger partial charge in [-0.15, -0.1) is 0 Å². The molecule has 0 aromatic heterocycles. The number of carbonyl (C=O) groups is 2. The third-order valence-corrected chi connectivity index (χ3v) is 12.3. The van der Waals surface area contributed by atoms with E-state index in [2.05, 4.69) is 38.2 Å². The summed E-state index contributed by atoms with van der Waals surface area (Å²) in [5.74, 6) is -0.468. The molecule has 0 rings (SSSR count). The number of nitrogens with one attached hydrogen (secondary N) is 1. The average Bonchev–Trinajstić information content (AvgIpc) is 3.23. The average molecular weight is 834 g/mol. The third-order valence-electron chi connectivity index (χ3n) is 12.3. The van der Waals surface area contributed by atoms with E-state index in [1.165, 1.54) is 186 Å². The van der Waals surface area contributed by atoms with Crippen LogP contribution in [0.3, 0.4) is 0 Å². The van der Waals surface area contributed by atoms with Gasteiger partial charge in [0, 0.05) is 6.42 Å². The number of unbranched alkanes of at least 4 members (excludes halogenated alkanes) is 34. The minimum Gasteiger partial charge on any atom is -0.462 e. The highest BCUT2D eigenvalue weighted by Gasteiger charge is 2.24. The van der Waals surface area contributed by atoms with E-state index < -0.39 is 18.2 Å². The van der Waals surface area contributed by atoms with Crippen LogP contribution in [0.1, 0.15) is 290 Å². The highest BCUT2D eigenvalue weighted by Crippen LogP contribution is 2.18. The maximum atomic E-state index is 13.2. The maximum Gasteiger partial charge on any atom is 0.306 e. The predicted octanol–water partition coefficient (Wildman–Crippen LogP) is 15.7. The van der Waals surface area contributed by atoms with Gasteiger partial charge in [-0.1, -0.05) is 238 Å². The van der Waals surface area contributed by atoms with Gasteiger partial charge in [-0.3, -0.25) is 9.59 Å². The van der Waals surface area contributed by atoms with Gasteiger partial charge in [0.2, 0.25) is 5.91 Å². The van der Waals surface area contributed by atoms with Crippen molar-refractivity contribution in [3.63, 3.8) is 0 Å². The number of hydrogen-bond donors (Lipinski definition) is 3. The Hall–Kier alpha value is -1.40. The van der Waals surface area contributed by atoms with E-state index >= 15 is 0 Å². The van der Waals surface area contributed by atoms with Gasteiger partial charge in [-0.2, -0.15) is 0 Å². The first-order valence-corrected chi connectivity index (χ1v) is 26.4. The lowest BCUT2D eigenvalue weighted by Crippen LogP contribution is -2.46. The Labute approximate surface area is 368 Å². The zero-order valence-corrected chi connectivity index (χ0v) is 39.9. The Morgan fingerprint density at radius 1 is 0.475 bits per heavy atom. The summed E-state index contributed by atoms with van der Waals surface area (Å²) in [6, 6.07) is -0.697. The van der Waals surface area contributed by atoms with E-state index in [9.17, 15) is 19.8 Å². The van der Waals surface area contributed by atoms with Crippen molar-refractivity contribution in [1.29, 1.82) is 0 Å². The molecule has 0 aliphatic heterocycles. The number of hydrogen-bond acceptors (Lipinski definition) is 5. The Morgan fingerprint density at radius 2 is 0.814 bits per heavy atom. The largest absolute Gasteiger partial charge is 0.462 e. The molecule has 0 aromatic carbocycles. The molecule has 0 saturated heterocycles. The number of ether oxygens (including phenoxy) is 1. The Balaban J connectivity index is 4.47. The summed E-state index contributed by atoms with van der Waals surface area (Å²) in [6.45, 7) is 6.49. The molecule has 0 aliphatic carbocycles. The number of aliphatic hydroxyl groups excluding tert-OH is 2. The van der Waals surface area contributed by atoms with Gasteiger partial charge in [-0.05, 0) is 51.4 Å². The molecular formula is C53H103NO5. The zero-order chi connectivity index (χ0) is 43.1. The Kier molecular flexibility index (Phi) is 46.5. The van der Waals surface area contributed by atoms with E-state index in [-0.39, 0.29) is 24.9 Å². The fourth-order valence-electron chi connectivity index (χ4n) is 8.31. The van der Waals surface area contributed by atoms with Gasteiger partial charge in [0.25, 0.3) is 0 Å². The van der Waals surface area contributed by atoms with Crippen molar-refractivity contribution >= 4 is 11.9 Å². The van der Waals surface area contributed by atoms with Gasteiger partial charge in [0.05, 0.1) is 25.2 Å². The van der Waals surface area contributed by atoms with Crippen molar-refractivity contribution in [1.82, 2.24) is 5.32 Å². The second-order valence-electron chi connectivity index (χ2n) is 18.3. The summed E-state index contributed by atoms with van der Waals surface area (Å²) < 4.78 is 5.92. The molecular weight excluding hydrogens is 731 g/mol. The number of esters is 1. The molecule has 0 spiro atoms. The third kappa shape index (κ3) is 43.1. The first-order chi connectivity index (χ1) is 29.0. The topological polar surface area (TPSA) is 95.9 Å². The zero-order valence-electron chi connectivity index (χ0n) is 39.9. The second kappa shape index (κ2) is 47.6. The monoisotopic (exact) mass is 834 g/mol.